The molecule has 0 aliphatic rings. The van der Waals surface area contributed by atoms with Crippen molar-refractivity contribution in [3.63, 3.8) is 0 Å². The van der Waals surface area contributed by atoms with Crippen molar-refractivity contribution in [2.24, 2.45) is 0 Å². The van der Waals surface area contributed by atoms with Crippen molar-refractivity contribution in [1.29, 1.82) is 0 Å². The lowest BCUT2D eigenvalue weighted by molar-refractivity contribution is -0.142. The summed E-state index contributed by atoms with van der Waals surface area (Å²) in [5, 5.41) is 4.65. The van der Waals surface area contributed by atoms with Crippen molar-refractivity contribution in [2.75, 3.05) is 11.9 Å². The van der Waals surface area contributed by atoms with Crippen LogP contribution < -0.4 is 5.32 Å². The Labute approximate surface area is 149 Å². The van der Waals surface area contributed by atoms with E-state index in [1.165, 1.54) is 17.8 Å². The van der Waals surface area contributed by atoms with Gasteiger partial charge in [-0.15, -0.1) is 0 Å². The topological polar surface area (TPSA) is 55.4 Å². The molecule has 0 bridgehead atoms. The molecule has 1 amide bonds. The number of carbonyl (C=O) groups excluding carboxylic acids is 2. The summed E-state index contributed by atoms with van der Waals surface area (Å²) in [6.45, 7) is 1.53. The minimum Gasteiger partial charge on any atom is -0.452 e. The molecule has 0 fully saturated rings. The van der Waals surface area contributed by atoms with E-state index < -0.39 is 11.9 Å². The number of carbonyl (C=O) groups is 2. The number of ether oxygens (including phenoxy) is 1. The molecule has 124 valence electrons. The Morgan fingerprint density at radius 2 is 1.96 bits per heavy atom. The SMILES string of the molecule is Cc1ccc(NC(=O)COC(=O)/C=C/Sc2ccccc2)c(Cl)c1. The van der Waals surface area contributed by atoms with Gasteiger partial charge in [0.1, 0.15) is 0 Å². The van der Waals surface area contributed by atoms with Crippen LogP contribution in [-0.2, 0) is 14.3 Å². The van der Waals surface area contributed by atoms with Crippen LogP contribution in [0.2, 0.25) is 5.02 Å². The van der Waals surface area contributed by atoms with Gasteiger partial charge in [0, 0.05) is 11.0 Å². The molecule has 2 aromatic carbocycles. The Kier molecular flexibility index (Phi) is 6.90. The molecular weight excluding hydrogens is 346 g/mol. The summed E-state index contributed by atoms with van der Waals surface area (Å²) >= 11 is 7.42. The number of aryl methyl sites for hydroxylation is 1. The van der Waals surface area contributed by atoms with Crippen LogP contribution in [0.15, 0.2) is 64.9 Å². The van der Waals surface area contributed by atoms with Gasteiger partial charge in [-0.2, -0.15) is 0 Å². The second-order valence-electron chi connectivity index (χ2n) is 4.87. The summed E-state index contributed by atoms with van der Waals surface area (Å²) in [6, 6.07) is 14.9. The molecule has 0 heterocycles. The van der Waals surface area contributed by atoms with Gasteiger partial charge in [0.25, 0.3) is 5.91 Å². The van der Waals surface area contributed by atoms with Gasteiger partial charge in [-0.1, -0.05) is 47.6 Å². The number of hydrogen-bond donors (Lipinski definition) is 1. The van der Waals surface area contributed by atoms with Crippen LogP contribution in [0.4, 0.5) is 5.69 Å². The van der Waals surface area contributed by atoms with E-state index in [0.29, 0.717) is 10.7 Å². The van der Waals surface area contributed by atoms with E-state index >= 15 is 0 Å². The summed E-state index contributed by atoms with van der Waals surface area (Å²) in [6.07, 6.45) is 1.28. The fourth-order valence-corrected chi connectivity index (χ4v) is 2.69. The molecule has 0 saturated carbocycles. The van der Waals surface area contributed by atoms with Crippen molar-refractivity contribution < 1.29 is 14.3 Å². The maximum atomic E-state index is 11.8. The first-order chi connectivity index (χ1) is 11.5. The number of halogens is 1. The van der Waals surface area contributed by atoms with Gasteiger partial charge in [-0.25, -0.2) is 4.79 Å². The molecule has 1 N–H and O–H groups in total. The van der Waals surface area contributed by atoms with Gasteiger partial charge < -0.3 is 10.1 Å². The zero-order valence-corrected chi connectivity index (χ0v) is 14.6. The van der Waals surface area contributed by atoms with Crippen molar-refractivity contribution >= 4 is 40.9 Å². The van der Waals surface area contributed by atoms with Crippen molar-refractivity contribution in [2.45, 2.75) is 11.8 Å². The van der Waals surface area contributed by atoms with Crippen molar-refractivity contribution in [1.82, 2.24) is 0 Å². The highest BCUT2D eigenvalue weighted by Crippen LogP contribution is 2.22. The Bertz CT molecular complexity index is 747. The zero-order valence-electron chi connectivity index (χ0n) is 13.0. The van der Waals surface area contributed by atoms with Crippen molar-refractivity contribution in [3.05, 3.63) is 70.6 Å². The summed E-state index contributed by atoms with van der Waals surface area (Å²) in [4.78, 5) is 24.4. The van der Waals surface area contributed by atoms with Crippen LogP contribution in [0.3, 0.4) is 0 Å². The number of thioether (sulfide) groups is 1. The first kappa shape index (κ1) is 18.1. The number of anilines is 1. The monoisotopic (exact) mass is 361 g/mol. The first-order valence-corrected chi connectivity index (χ1v) is 8.41. The summed E-state index contributed by atoms with van der Waals surface area (Å²) in [5.41, 5.74) is 1.48. The molecule has 0 aliphatic carbocycles. The Hall–Kier alpha value is -2.24. The molecule has 0 aliphatic heterocycles. The molecule has 0 aromatic heterocycles. The number of nitrogens with one attached hydrogen (secondary N) is 1. The lowest BCUT2D eigenvalue weighted by atomic mass is 10.2. The van der Waals surface area contributed by atoms with E-state index in [1.54, 1.807) is 17.5 Å². The van der Waals surface area contributed by atoms with E-state index in [2.05, 4.69) is 5.32 Å². The fraction of sp³-hybridized carbons (Fsp3) is 0.111. The summed E-state index contributed by atoms with van der Waals surface area (Å²) in [5.74, 6) is -1.03. The van der Waals surface area contributed by atoms with E-state index in [9.17, 15) is 9.59 Å². The minimum atomic E-state index is -0.580. The largest absolute Gasteiger partial charge is 0.452 e. The fourth-order valence-electron chi connectivity index (χ4n) is 1.76. The molecule has 2 rings (SSSR count). The van der Waals surface area contributed by atoms with Gasteiger partial charge in [0.2, 0.25) is 0 Å². The number of hydrogen-bond acceptors (Lipinski definition) is 4. The van der Waals surface area contributed by atoms with E-state index in [0.717, 1.165) is 10.5 Å². The minimum absolute atomic E-state index is 0.372. The van der Waals surface area contributed by atoms with Gasteiger partial charge in [0.15, 0.2) is 6.61 Å². The normalized spacial score (nSPS) is 10.6. The number of rotatable bonds is 6. The summed E-state index contributed by atoms with van der Waals surface area (Å²) < 4.78 is 4.88. The third kappa shape index (κ3) is 6.10. The van der Waals surface area contributed by atoms with Gasteiger partial charge >= 0.3 is 5.97 Å². The van der Waals surface area contributed by atoms with Crippen LogP contribution in [0.25, 0.3) is 0 Å². The third-order valence-electron chi connectivity index (χ3n) is 2.90. The van der Waals surface area contributed by atoms with Crippen molar-refractivity contribution in [3.8, 4) is 0 Å². The Morgan fingerprint density at radius 3 is 2.67 bits per heavy atom. The lowest BCUT2D eigenvalue weighted by Gasteiger charge is -2.07. The highest BCUT2D eigenvalue weighted by Gasteiger charge is 2.08. The second-order valence-corrected chi connectivity index (χ2v) is 6.26. The van der Waals surface area contributed by atoms with Gasteiger partial charge in [-0.05, 0) is 42.2 Å². The van der Waals surface area contributed by atoms with Crippen LogP contribution in [0.5, 0.6) is 0 Å². The molecular formula is C18H16ClNO3S. The molecule has 2 aromatic rings. The predicted molar refractivity (Wildman–Crippen MR) is 97.2 cm³/mol. The molecule has 24 heavy (non-hydrogen) atoms. The number of amides is 1. The average molecular weight is 362 g/mol. The molecule has 4 nitrogen and oxygen atoms in total. The second kappa shape index (κ2) is 9.15. The van der Waals surface area contributed by atoms with E-state index in [4.69, 9.17) is 16.3 Å². The van der Waals surface area contributed by atoms with Gasteiger partial charge in [0.05, 0.1) is 10.7 Å². The molecule has 6 heteroatoms. The smallest absolute Gasteiger partial charge is 0.331 e. The van der Waals surface area contributed by atoms with Crippen LogP contribution >= 0.6 is 23.4 Å². The number of esters is 1. The quantitative estimate of drug-likeness (QED) is 0.469. The van der Waals surface area contributed by atoms with Gasteiger partial charge in [-0.3, -0.25) is 4.79 Å². The average Bonchev–Trinajstić information content (AvgIpc) is 2.56. The Morgan fingerprint density at radius 1 is 1.21 bits per heavy atom. The first-order valence-electron chi connectivity index (χ1n) is 7.15. The zero-order chi connectivity index (χ0) is 17.4. The number of benzene rings is 2. The van der Waals surface area contributed by atoms with E-state index in [-0.39, 0.29) is 6.61 Å². The molecule has 0 saturated heterocycles. The lowest BCUT2D eigenvalue weighted by Crippen LogP contribution is -2.20. The molecule has 0 spiro atoms. The highest BCUT2D eigenvalue weighted by molar-refractivity contribution is 8.02. The summed E-state index contributed by atoms with van der Waals surface area (Å²) in [7, 11) is 0. The van der Waals surface area contributed by atoms with E-state index in [1.807, 2.05) is 43.3 Å². The van der Waals surface area contributed by atoms with Crippen LogP contribution in [-0.4, -0.2) is 18.5 Å². The van der Waals surface area contributed by atoms with Crippen LogP contribution in [0, 0.1) is 6.92 Å². The third-order valence-corrected chi connectivity index (χ3v) is 4.02. The Balaban J connectivity index is 1.75. The predicted octanol–water partition coefficient (Wildman–Crippen LogP) is 4.44. The molecule has 0 atom stereocenters. The molecule has 0 radical (unpaired) electrons. The maximum Gasteiger partial charge on any atom is 0.331 e. The standard InChI is InChI=1S/C18H16ClNO3S/c1-13-7-8-16(15(19)11-13)20-17(21)12-23-18(22)9-10-24-14-5-3-2-4-6-14/h2-11H,12H2,1H3,(H,20,21)/b10-9+. The molecule has 0 unspecified atom stereocenters. The maximum absolute atomic E-state index is 11.8. The van der Waals surface area contributed by atoms with Crippen LogP contribution in [0.1, 0.15) is 5.56 Å². The highest BCUT2D eigenvalue weighted by atomic mass is 35.5.